The van der Waals surface area contributed by atoms with Gasteiger partial charge in [0.2, 0.25) is 16.8 Å². The van der Waals surface area contributed by atoms with Gasteiger partial charge in [0.05, 0.1) is 41.5 Å². The maximum absolute atomic E-state index is 11.6. The van der Waals surface area contributed by atoms with E-state index in [1.165, 1.54) is 7.11 Å². The quantitative estimate of drug-likeness (QED) is 0.430. The van der Waals surface area contributed by atoms with E-state index in [1.807, 2.05) is 37.3 Å². The van der Waals surface area contributed by atoms with Crippen molar-refractivity contribution in [2.75, 3.05) is 30.2 Å². The zero-order valence-corrected chi connectivity index (χ0v) is 18.5. The van der Waals surface area contributed by atoms with Crippen molar-refractivity contribution in [2.24, 2.45) is 0 Å². The van der Waals surface area contributed by atoms with Gasteiger partial charge in [0.1, 0.15) is 5.75 Å². The predicted octanol–water partition coefficient (Wildman–Crippen LogP) is 4.55. The van der Waals surface area contributed by atoms with Crippen LogP contribution in [0.2, 0.25) is 0 Å². The number of fused-ring (bicyclic) bond motifs is 3. The van der Waals surface area contributed by atoms with Crippen LogP contribution >= 0.6 is 0 Å². The minimum absolute atomic E-state index is 0.176. The van der Waals surface area contributed by atoms with Crippen LogP contribution in [0.15, 0.2) is 48.5 Å². The van der Waals surface area contributed by atoms with Crippen molar-refractivity contribution >= 4 is 48.9 Å². The molecule has 4 aromatic rings. The first-order valence-electron chi connectivity index (χ1n) is 9.88. The molecule has 0 atom stereocenters. The number of ether oxygens (including phenoxy) is 3. The van der Waals surface area contributed by atoms with Gasteiger partial charge in [0, 0.05) is 22.9 Å². The van der Waals surface area contributed by atoms with Crippen LogP contribution in [0.1, 0.15) is 5.56 Å². The highest BCUT2D eigenvalue weighted by molar-refractivity contribution is 7.92. The lowest BCUT2D eigenvalue weighted by atomic mass is 10.0. The number of nitrogens with zero attached hydrogens (tertiary/aromatic N) is 1. The summed E-state index contributed by atoms with van der Waals surface area (Å²) in [7, 11) is -1.86. The Morgan fingerprint density at radius 2 is 1.81 bits per heavy atom. The highest BCUT2D eigenvalue weighted by atomic mass is 32.2. The number of anilines is 3. The smallest absolute Gasteiger partial charge is 0.231 e. The Hall–Kier alpha value is -3.72. The third-order valence-corrected chi connectivity index (χ3v) is 5.87. The molecule has 5 rings (SSSR count). The van der Waals surface area contributed by atoms with Gasteiger partial charge in [-0.05, 0) is 30.7 Å². The van der Waals surface area contributed by atoms with Gasteiger partial charge >= 0.3 is 0 Å². The van der Waals surface area contributed by atoms with Crippen LogP contribution in [0.3, 0.4) is 0 Å². The molecule has 2 N–H and O–H groups in total. The second-order valence-corrected chi connectivity index (χ2v) is 9.34. The zero-order valence-electron chi connectivity index (χ0n) is 17.7. The molecule has 0 aliphatic carbocycles. The summed E-state index contributed by atoms with van der Waals surface area (Å²) >= 11 is 0. The van der Waals surface area contributed by atoms with Gasteiger partial charge in [-0.2, -0.15) is 0 Å². The van der Waals surface area contributed by atoms with E-state index in [1.54, 1.807) is 18.2 Å². The summed E-state index contributed by atoms with van der Waals surface area (Å²) in [6, 6.07) is 14.9. The van der Waals surface area contributed by atoms with Gasteiger partial charge in [-0.1, -0.05) is 18.2 Å². The molecule has 1 aliphatic rings. The van der Waals surface area contributed by atoms with Gasteiger partial charge in [0.15, 0.2) is 11.5 Å². The summed E-state index contributed by atoms with van der Waals surface area (Å²) in [4.78, 5) is 4.87. The van der Waals surface area contributed by atoms with Crippen LogP contribution in [0.5, 0.6) is 17.2 Å². The van der Waals surface area contributed by atoms with E-state index >= 15 is 0 Å². The monoisotopic (exact) mass is 451 g/mol. The van der Waals surface area contributed by atoms with Crippen LogP contribution in [0.25, 0.3) is 21.8 Å². The molecule has 3 aromatic carbocycles. The third-order valence-electron chi connectivity index (χ3n) is 5.26. The van der Waals surface area contributed by atoms with Gasteiger partial charge in [-0.3, -0.25) is 4.72 Å². The molecule has 9 heteroatoms. The fourth-order valence-corrected chi connectivity index (χ4v) is 4.40. The minimum Gasteiger partial charge on any atom is -0.494 e. The van der Waals surface area contributed by atoms with Crippen LogP contribution in [-0.2, 0) is 10.0 Å². The van der Waals surface area contributed by atoms with Crippen molar-refractivity contribution in [3.63, 3.8) is 0 Å². The number of aromatic nitrogens is 1. The normalized spacial score (nSPS) is 12.8. The Morgan fingerprint density at radius 3 is 2.56 bits per heavy atom. The summed E-state index contributed by atoms with van der Waals surface area (Å²) in [5.41, 5.74) is 4.63. The number of hydrogen-bond acceptors (Lipinski definition) is 7. The molecule has 0 radical (unpaired) electrons. The molecule has 8 nitrogen and oxygen atoms in total. The van der Waals surface area contributed by atoms with Crippen molar-refractivity contribution < 1.29 is 22.6 Å². The molecule has 1 aliphatic heterocycles. The standard InChI is InChI=1S/C23H21N3O5S/c1-13-5-4-6-15-22(13)25-18-11-21-20(30-12-31-21)10-16(18)23(15)24-17-8-7-14(9-19(17)29-2)26-32(3,27)28/h4-11,26H,12H2,1-3H3,(H,24,25). The Balaban J connectivity index is 1.70. The fraction of sp³-hybridized carbons (Fsp3) is 0.174. The first-order chi connectivity index (χ1) is 15.3. The van der Waals surface area contributed by atoms with E-state index in [0.29, 0.717) is 28.6 Å². The largest absolute Gasteiger partial charge is 0.494 e. The second kappa shape index (κ2) is 7.45. The first-order valence-corrected chi connectivity index (χ1v) is 11.8. The lowest BCUT2D eigenvalue weighted by molar-refractivity contribution is 0.174. The summed E-state index contributed by atoms with van der Waals surface area (Å²) in [5, 5.41) is 5.29. The van der Waals surface area contributed by atoms with Gasteiger partial charge in [-0.25, -0.2) is 13.4 Å². The van der Waals surface area contributed by atoms with Crippen molar-refractivity contribution in [2.45, 2.75) is 6.92 Å². The number of rotatable bonds is 5. The maximum Gasteiger partial charge on any atom is 0.231 e. The summed E-state index contributed by atoms with van der Waals surface area (Å²) in [6.07, 6.45) is 1.10. The number of aryl methyl sites for hydroxylation is 1. The molecule has 0 saturated carbocycles. The number of benzene rings is 3. The lowest BCUT2D eigenvalue weighted by Crippen LogP contribution is -2.09. The fourth-order valence-electron chi connectivity index (χ4n) is 3.84. The van der Waals surface area contributed by atoms with E-state index in [4.69, 9.17) is 19.2 Å². The Morgan fingerprint density at radius 1 is 1.03 bits per heavy atom. The third kappa shape index (κ3) is 3.60. The highest BCUT2D eigenvalue weighted by Crippen LogP contribution is 2.42. The molecule has 0 unspecified atom stereocenters. The molecule has 0 saturated heterocycles. The summed E-state index contributed by atoms with van der Waals surface area (Å²) in [5.74, 6) is 1.82. The van der Waals surface area contributed by atoms with Gasteiger partial charge < -0.3 is 19.5 Å². The molecule has 1 aromatic heterocycles. The first kappa shape index (κ1) is 20.2. The number of methoxy groups -OCH3 is 1. The number of sulfonamides is 1. The molecular weight excluding hydrogens is 430 g/mol. The molecular formula is C23H21N3O5S. The van der Waals surface area contributed by atoms with E-state index in [-0.39, 0.29) is 6.79 Å². The van der Waals surface area contributed by atoms with E-state index in [0.717, 1.165) is 39.3 Å². The maximum atomic E-state index is 11.6. The van der Waals surface area contributed by atoms with Crippen molar-refractivity contribution in [1.29, 1.82) is 0 Å². The van der Waals surface area contributed by atoms with Crippen LogP contribution in [0, 0.1) is 6.92 Å². The Bertz CT molecular complexity index is 1480. The zero-order chi connectivity index (χ0) is 22.5. The topological polar surface area (TPSA) is 98.8 Å². The average molecular weight is 452 g/mol. The molecule has 0 fully saturated rings. The van der Waals surface area contributed by atoms with E-state index < -0.39 is 10.0 Å². The molecule has 0 bridgehead atoms. The number of para-hydroxylation sites is 1. The van der Waals surface area contributed by atoms with Gasteiger partial charge in [0.25, 0.3) is 0 Å². The molecule has 0 amide bonds. The minimum atomic E-state index is -3.40. The van der Waals surface area contributed by atoms with Crippen LogP contribution in [-0.4, -0.2) is 33.6 Å². The SMILES string of the molecule is COc1cc(NS(C)(=O)=O)ccc1Nc1c2cc3c(cc2nc2c(C)cccc12)OCO3. The second-order valence-electron chi connectivity index (χ2n) is 7.59. The van der Waals surface area contributed by atoms with Gasteiger partial charge in [-0.15, -0.1) is 0 Å². The molecule has 2 heterocycles. The van der Waals surface area contributed by atoms with Crippen molar-refractivity contribution in [3.05, 3.63) is 54.1 Å². The average Bonchev–Trinajstić information content (AvgIpc) is 3.20. The van der Waals surface area contributed by atoms with E-state index in [2.05, 4.69) is 10.0 Å². The number of pyridine rings is 1. The summed E-state index contributed by atoms with van der Waals surface area (Å²) in [6.45, 7) is 2.19. The lowest BCUT2D eigenvalue weighted by Gasteiger charge is -2.17. The molecule has 0 spiro atoms. The summed E-state index contributed by atoms with van der Waals surface area (Å²) < 4.78 is 42.3. The Labute approximate surface area is 185 Å². The molecule has 164 valence electrons. The van der Waals surface area contributed by atoms with Crippen molar-refractivity contribution in [3.8, 4) is 17.2 Å². The Kier molecular flexibility index (Phi) is 4.70. The van der Waals surface area contributed by atoms with Crippen molar-refractivity contribution in [1.82, 2.24) is 4.98 Å². The van der Waals surface area contributed by atoms with Crippen LogP contribution < -0.4 is 24.2 Å². The van der Waals surface area contributed by atoms with Crippen LogP contribution in [0.4, 0.5) is 17.1 Å². The van der Waals surface area contributed by atoms with E-state index in [9.17, 15) is 8.42 Å². The molecule has 32 heavy (non-hydrogen) atoms. The predicted molar refractivity (Wildman–Crippen MR) is 125 cm³/mol. The number of nitrogens with one attached hydrogen (secondary N) is 2. The number of hydrogen-bond donors (Lipinski definition) is 2. The highest BCUT2D eigenvalue weighted by Gasteiger charge is 2.19.